The van der Waals surface area contributed by atoms with E-state index in [1.165, 1.54) is 0 Å². The van der Waals surface area contributed by atoms with Gasteiger partial charge in [-0.15, -0.1) is 0 Å². The molecule has 0 saturated heterocycles. The number of amides is 1. The zero-order valence-corrected chi connectivity index (χ0v) is 10.8. The lowest BCUT2D eigenvalue weighted by molar-refractivity contribution is -0.119. The van der Waals surface area contributed by atoms with Crippen molar-refractivity contribution < 1.29 is 4.79 Å². The predicted octanol–water partition coefficient (Wildman–Crippen LogP) is 2.70. The summed E-state index contributed by atoms with van der Waals surface area (Å²) in [4.78, 5) is 12.1. The fourth-order valence-corrected chi connectivity index (χ4v) is 1.92. The smallest absolute Gasteiger partial charge is 0.248 e. The second kappa shape index (κ2) is 5.04. The predicted molar refractivity (Wildman–Crippen MR) is 71.5 cm³/mol. The Kier molecular flexibility index (Phi) is 3.46. The Morgan fingerprint density at radius 1 is 1.28 bits per heavy atom. The largest absolute Gasteiger partial charge is 0.324 e. The lowest BCUT2D eigenvalue weighted by Crippen LogP contribution is -2.24. The Hall–Kier alpha value is -2.10. The number of benzene rings is 1. The van der Waals surface area contributed by atoms with Crippen LogP contribution in [0.2, 0.25) is 0 Å². The van der Waals surface area contributed by atoms with Gasteiger partial charge in [-0.25, -0.2) is 0 Å². The number of nitrogens with one attached hydrogen (secondary N) is 1. The van der Waals surface area contributed by atoms with Crippen molar-refractivity contribution >= 4 is 11.6 Å². The van der Waals surface area contributed by atoms with Crippen molar-refractivity contribution in [3.8, 4) is 0 Å². The maximum atomic E-state index is 12.1. The van der Waals surface area contributed by atoms with E-state index >= 15 is 0 Å². The number of carbonyl (C=O) groups excluding carboxylic acids is 1. The molecule has 0 bridgehead atoms. The summed E-state index contributed by atoms with van der Waals surface area (Å²) in [6.45, 7) is 5.85. The van der Waals surface area contributed by atoms with Crippen LogP contribution in [0.25, 0.3) is 0 Å². The van der Waals surface area contributed by atoms with Crippen LogP contribution in [0.3, 0.4) is 0 Å². The van der Waals surface area contributed by atoms with E-state index in [-0.39, 0.29) is 11.9 Å². The zero-order valence-electron chi connectivity index (χ0n) is 10.8. The van der Waals surface area contributed by atoms with E-state index in [0.717, 1.165) is 16.8 Å². The summed E-state index contributed by atoms with van der Waals surface area (Å²) in [6, 6.07) is 7.48. The molecule has 18 heavy (non-hydrogen) atoms. The highest BCUT2D eigenvalue weighted by Crippen LogP contribution is 2.15. The van der Waals surface area contributed by atoms with E-state index in [1.807, 2.05) is 32.9 Å². The van der Waals surface area contributed by atoms with Crippen molar-refractivity contribution in [1.82, 2.24) is 9.78 Å². The molecule has 0 aliphatic carbocycles. The van der Waals surface area contributed by atoms with Crippen molar-refractivity contribution in [3.63, 3.8) is 0 Å². The topological polar surface area (TPSA) is 46.9 Å². The molecule has 4 nitrogen and oxygen atoms in total. The Morgan fingerprint density at radius 3 is 2.50 bits per heavy atom. The number of rotatable bonds is 3. The molecule has 1 aromatic carbocycles. The maximum absolute atomic E-state index is 12.1. The molecule has 0 radical (unpaired) electrons. The summed E-state index contributed by atoms with van der Waals surface area (Å²) in [6.07, 6.45) is 3.45. The van der Waals surface area contributed by atoms with Crippen LogP contribution in [-0.4, -0.2) is 15.7 Å². The van der Waals surface area contributed by atoms with Crippen molar-refractivity contribution in [3.05, 3.63) is 47.8 Å². The molecule has 0 aliphatic rings. The molecule has 2 aromatic rings. The van der Waals surface area contributed by atoms with Crippen molar-refractivity contribution in [2.45, 2.75) is 26.8 Å². The lowest BCUT2D eigenvalue weighted by Gasteiger charge is -2.13. The number of carbonyl (C=O) groups is 1. The molecule has 1 N–H and O–H groups in total. The molecule has 1 amide bonds. The number of hydrogen-bond acceptors (Lipinski definition) is 2. The zero-order chi connectivity index (χ0) is 13.1. The summed E-state index contributed by atoms with van der Waals surface area (Å²) < 4.78 is 1.64. The van der Waals surface area contributed by atoms with Crippen LogP contribution in [0, 0.1) is 13.8 Å². The van der Waals surface area contributed by atoms with Crippen LogP contribution in [0.4, 0.5) is 5.69 Å². The van der Waals surface area contributed by atoms with Gasteiger partial charge in [0.2, 0.25) is 5.91 Å². The standard InChI is InChI=1S/C14H17N3O/c1-10-7-11(2)9-13(8-10)16-14(18)12(3)17-6-4-5-15-17/h4-9,12H,1-3H3,(H,16,18). The maximum Gasteiger partial charge on any atom is 0.248 e. The van der Waals surface area contributed by atoms with E-state index in [2.05, 4.69) is 16.5 Å². The summed E-state index contributed by atoms with van der Waals surface area (Å²) in [7, 11) is 0. The molecule has 1 unspecified atom stereocenters. The van der Waals surface area contributed by atoms with Crippen molar-refractivity contribution in [1.29, 1.82) is 0 Å². The first-order chi connectivity index (χ1) is 8.56. The van der Waals surface area contributed by atoms with Gasteiger partial charge in [-0.2, -0.15) is 5.10 Å². The molecule has 1 aromatic heterocycles. The SMILES string of the molecule is Cc1cc(C)cc(NC(=O)C(C)n2cccn2)c1. The van der Waals surface area contributed by atoms with Crippen LogP contribution >= 0.6 is 0 Å². The first kappa shape index (κ1) is 12.4. The van der Waals surface area contributed by atoms with E-state index in [9.17, 15) is 4.79 Å². The average Bonchev–Trinajstić information content (AvgIpc) is 2.79. The second-order valence-electron chi connectivity index (χ2n) is 4.53. The van der Waals surface area contributed by atoms with Gasteiger partial charge in [-0.1, -0.05) is 6.07 Å². The Bertz CT molecular complexity index is 526. The van der Waals surface area contributed by atoms with Gasteiger partial charge in [-0.05, 0) is 50.1 Å². The first-order valence-corrected chi connectivity index (χ1v) is 5.94. The highest BCUT2D eigenvalue weighted by Gasteiger charge is 2.14. The molecule has 2 rings (SSSR count). The summed E-state index contributed by atoms with van der Waals surface area (Å²) >= 11 is 0. The molecule has 0 fully saturated rings. The Morgan fingerprint density at radius 2 is 1.94 bits per heavy atom. The minimum Gasteiger partial charge on any atom is -0.324 e. The number of hydrogen-bond donors (Lipinski definition) is 1. The number of nitrogens with zero attached hydrogens (tertiary/aromatic N) is 2. The van der Waals surface area contributed by atoms with Crippen LogP contribution in [0.5, 0.6) is 0 Å². The summed E-state index contributed by atoms with van der Waals surface area (Å²) in [5.41, 5.74) is 3.10. The molecule has 94 valence electrons. The fourth-order valence-electron chi connectivity index (χ4n) is 1.92. The molecule has 0 saturated carbocycles. The van der Waals surface area contributed by atoms with Gasteiger partial charge in [0.15, 0.2) is 0 Å². The Labute approximate surface area is 107 Å². The highest BCUT2D eigenvalue weighted by atomic mass is 16.2. The molecule has 0 aliphatic heterocycles. The van der Waals surface area contributed by atoms with Crippen molar-refractivity contribution in [2.75, 3.05) is 5.32 Å². The summed E-state index contributed by atoms with van der Waals surface area (Å²) in [5.74, 6) is -0.0660. The fraction of sp³-hybridized carbons (Fsp3) is 0.286. The normalized spacial score (nSPS) is 12.2. The van der Waals surface area contributed by atoms with Gasteiger partial charge in [0.05, 0.1) is 0 Å². The number of aromatic nitrogens is 2. The highest BCUT2D eigenvalue weighted by molar-refractivity contribution is 5.93. The number of anilines is 1. The van der Waals surface area contributed by atoms with Crippen LogP contribution in [0.15, 0.2) is 36.7 Å². The summed E-state index contributed by atoms with van der Waals surface area (Å²) in [5, 5.41) is 6.98. The lowest BCUT2D eigenvalue weighted by atomic mass is 10.1. The first-order valence-electron chi connectivity index (χ1n) is 5.94. The average molecular weight is 243 g/mol. The third-order valence-corrected chi connectivity index (χ3v) is 2.79. The van der Waals surface area contributed by atoms with Gasteiger partial charge in [-0.3, -0.25) is 9.48 Å². The molecule has 1 heterocycles. The quantitative estimate of drug-likeness (QED) is 0.901. The van der Waals surface area contributed by atoms with Crippen LogP contribution in [-0.2, 0) is 4.79 Å². The van der Waals surface area contributed by atoms with Crippen LogP contribution < -0.4 is 5.32 Å². The van der Waals surface area contributed by atoms with Gasteiger partial charge >= 0.3 is 0 Å². The van der Waals surface area contributed by atoms with Gasteiger partial charge in [0.25, 0.3) is 0 Å². The third kappa shape index (κ3) is 2.77. The van der Waals surface area contributed by atoms with E-state index < -0.39 is 0 Å². The minimum absolute atomic E-state index is 0.0660. The van der Waals surface area contributed by atoms with E-state index in [4.69, 9.17) is 0 Å². The molecular formula is C14H17N3O. The van der Waals surface area contributed by atoms with Gasteiger partial charge in [0, 0.05) is 18.1 Å². The molecule has 4 heteroatoms. The minimum atomic E-state index is -0.319. The number of aryl methyl sites for hydroxylation is 2. The van der Waals surface area contributed by atoms with Gasteiger partial charge in [0.1, 0.15) is 6.04 Å². The van der Waals surface area contributed by atoms with Gasteiger partial charge < -0.3 is 5.32 Å². The second-order valence-corrected chi connectivity index (χ2v) is 4.53. The van der Waals surface area contributed by atoms with Crippen LogP contribution in [0.1, 0.15) is 24.1 Å². The van der Waals surface area contributed by atoms with Crippen molar-refractivity contribution in [2.24, 2.45) is 0 Å². The van der Waals surface area contributed by atoms with E-state index in [1.54, 1.807) is 23.1 Å². The third-order valence-electron chi connectivity index (χ3n) is 2.79. The monoisotopic (exact) mass is 243 g/mol. The van der Waals surface area contributed by atoms with E-state index in [0.29, 0.717) is 0 Å². The Balaban J connectivity index is 2.11. The molecule has 1 atom stereocenters. The molecular weight excluding hydrogens is 226 g/mol. The molecule has 0 spiro atoms.